The standard InChI is InChI=1S/C22H24N2O5S/c1-24(30(26,27)20-8-4-3-5-9-20)21(17-10-12-18(28-2)13-11-17)15-22(25)23-16-19-7-6-14-29-19/h3-14,21H,15-16H2,1-2H3,(H,23,25)/t21-/m1/s1. The molecule has 1 aromatic heterocycles. The zero-order valence-electron chi connectivity index (χ0n) is 16.8. The van der Waals surface area contributed by atoms with E-state index in [0.717, 1.165) is 0 Å². The molecule has 8 heteroatoms. The van der Waals surface area contributed by atoms with Crippen molar-refractivity contribution < 1.29 is 22.4 Å². The van der Waals surface area contributed by atoms with Gasteiger partial charge >= 0.3 is 0 Å². The number of nitrogens with zero attached hydrogens (tertiary/aromatic N) is 1. The van der Waals surface area contributed by atoms with Gasteiger partial charge in [-0.2, -0.15) is 4.31 Å². The van der Waals surface area contributed by atoms with E-state index in [1.807, 2.05) is 0 Å². The van der Waals surface area contributed by atoms with E-state index >= 15 is 0 Å². The lowest BCUT2D eigenvalue weighted by atomic mass is 10.0. The van der Waals surface area contributed by atoms with Gasteiger partial charge in [0, 0.05) is 13.5 Å². The van der Waals surface area contributed by atoms with Gasteiger partial charge in [0.25, 0.3) is 0 Å². The van der Waals surface area contributed by atoms with Gasteiger partial charge in [0.2, 0.25) is 15.9 Å². The number of rotatable bonds is 9. The number of furan rings is 1. The van der Waals surface area contributed by atoms with Crippen molar-refractivity contribution in [2.75, 3.05) is 14.2 Å². The van der Waals surface area contributed by atoms with Crippen molar-refractivity contribution in [3.05, 3.63) is 84.3 Å². The van der Waals surface area contributed by atoms with Crippen LogP contribution >= 0.6 is 0 Å². The summed E-state index contributed by atoms with van der Waals surface area (Å²) in [5, 5.41) is 2.78. The van der Waals surface area contributed by atoms with Crippen LogP contribution in [0.3, 0.4) is 0 Å². The molecule has 0 fully saturated rings. The Morgan fingerprint density at radius 1 is 1.07 bits per heavy atom. The molecule has 0 bridgehead atoms. The van der Waals surface area contributed by atoms with Gasteiger partial charge in [-0.15, -0.1) is 0 Å². The van der Waals surface area contributed by atoms with Gasteiger partial charge in [-0.3, -0.25) is 4.79 Å². The van der Waals surface area contributed by atoms with Gasteiger partial charge in [0.15, 0.2) is 0 Å². The Hall–Kier alpha value is -3.10. The highest BCUT2D eigenvalue weighted by molar-refractivity contribution is 7.89. The summed E-state index contributed by atoms with van der Waals surface area (Å²) in [6.45, 7) is 0.232. The molecule has 30 heavy (non-hydrogen) atoms. The summed E-state index contributed by atoms with van der Waals surface area (Å²) < 4.78 is 37.9. The van der Waals surface area contributed by atoms with Crippen LogP contribution in [0.5, 0.6) is 5.75 Å². The van der Waals surface area contributed by atoms with Crippen LogP contribution in [0.15, 0.2) is 82.3 Å². The summed E-state index contributed by atoms with van der Waals surface area (Å²) in [6, 6.07) is 18.0. The molecule has 1 amide bonds. The third-order valence-electron chi connectivity index (χ3n) is 4.78. The first-order valence-corrected chi connectivity index (χ1v) is 10.8. The van der Waals surface area contributed by atoms with E-state index in [1.165, 1.54) is 29.7 Å². The Kier molecular flexibility index (Phi) is 6.91. The summed E-state index contributed by atoms with van der Waals surface area (Å²) >= 11 is 0. The maximum atomic E-state index is 13.2. The van der Waals surface area contributed by atoms with Crippen molar-refractivity contribution in [2.45, 2.75) is 23.9 Å². The molecule has 0 unspecified atom stereocenters. The molecular formula is C22H24N2O5S. The fraction of sp³-hybridized carbons (Fsp3) is 0.227. The van der Waals surface area contributed by atoms with E-state index in [1.54, 1.807) is 61.7 Å². The zero-order chi connectivity index (χ0) is 21.6. The van der Waals surface area contributed by atoms with Gasteiger partial charge in [-0.05, 0) is 42.0 Å². The van der Waals surface area contributed by atoms with Crippen molar-refractivity contribution in [2.24, 2.45) is 0 Å². The summed E-state index contributed by atoms with van der Waals surface area (Å²) in [6.07, 6.45) is 1.48. The minimum absolute atomic E-state index is 0.0460. The van der Waals surface area contributed by atoms with Gasteiger partial charge in [-0.1, -0.05) is 30.3 Å². The number of carbonyl (C=O) groups excluding carboxylic acids is 1. The molecule has 0 aliphatic carbocycles. The third kappa shape index (κ3) is 5.08. The number of sulfonamides is 1. The van der Waals surface area contributed by atoms with E-state index in [2.05, 4.69) is 5.32 Å². The summed E-state index contributed by atoms with van der Waals surface area (Å²) in [7, 11) is -0.763. The number of methoxy groups -OCH3 is 1. The highest BCUT2D eigenvalue weighted by Gasteiger charge is 2.30. The number of ether oxygens (including phenoxy) is 1. The molecule has 3 rings (SSSR count). The fourth-order valence-electron chi connectivity index (χ4n) is 3.06. The zero-order valence-corrected chi connectivity index (χ0v) is 17.6. The third-order valence-corrected chi connectivity index (χ3v) is 6.66. The topological polar surface area (TPSA) is 88.8 Å². The molecule has 0 radical (unpaired) electrons. The second-order valence-electron chi connectivity index (χ2n) is 6.68. The van der Waals surface area contributed by atoms with Gasteiger partial charge in [0.1, 0.15) is 11.5 Å². The van der Waals surface area contributed by atoms with Crippen LogP contribution in [0, 0.1) is 0 Å². The Labute approximate surface area is 176 Å². The number of amides is 1. The molecule has 1 N–H and O–H groups in total. The molecule has 0 aliphatic rings. The lowest BCUT2D eigenvalue weighted by Crippen LogP contribution is -2.35. The number of hydrogen-bond acceptors (Lipinski definition) is 5. The number of hydrogen-bond donors (Lipinski definition) is 1. The SMILES string of the molecule is COc1ccc([C@@H](CC(=O)NCc2ccco2)N(C)S(=O)(=O)c2ccccc2)cc1. The minimum atomic E-state index is -3.80. The molecule has 0 saturated carbocycles. The Morgan fingerprint density at radius 3 is 2.37 bits per heavy atom. The normalized spacial score (nSPS) is 12.5. The molecule has 1 atom stereocenters. The van der Waals surface area contributed by atoms with Crippen molar-refractivity contribution in [1.82, 2.24) is 9.62 Å². The lowest BCUT2D eigenvalue weighted by Gasteiger charge is -2.27. The van der Waals surface area contributed by atoms with E-state index in [-0.39, 0.29) is 23.8 Å². The Morgan fingerprint density at radius 2 is 1.77 bits per heavy atom. The maximum Gasteiger partial charge on any atom is 0.243 e. The van der Waals surface area contributed by atoms with Crippen LogP contribution in [0.1, 0.15) is 23.8 Å². The van der Waals surface area contributed by atoms with E-state index in [9.17, 15) is 13.2 Å². The average Bonchev–Trinajstić information content (AvgIpc) is 3.30. The highest BCUT2D eigenvalue weighted by Crippen LogP contribution is 2.30. The first-order valence-electron chi connectivity index (χ1n) is 9.38. The van der Waals surface area contributed by atoms with Crippen LogP contribution in [-0.2, 0) is 21.4 Å². The molecule has 2 aromatic carbocycles. The molecular weight excluding hydrogens is 404 g/mol. The second-order valence-corrected chi connectivity index (χ2v) is 8.68. The Balaban J connectivity index is 1.85. The summed E-state index contributed by atoms with van der Waals surface area (Å²) in [4.78, 5) is 12.8. The summed E-state index contributed by atoms with van der Waals surface area (Å²) in [5.41, 5.74) is 0.686. The van der Waals surface area contributed by atoms with E-state index in [4.69, 9.17) is 9.15 Å². The predicted octanol–water partition coefficient (Wildman–Crippen LogP) is 3.36. The maximum absolute atomic E-state index is 13.2. The molecule has 158 valence electrons. The molecule has 1 heterocycles. The van der Waals surface area contributed by atoms with Gasteiger partial charge in [0.05, 0.1) is 30.9 Å². The van der Waals surface area contributed by atoms with Crippen LogP contribution in [0.4, 0.5) is 0 Å². The fourth-order valence-corrected chi connectivity index (χ4v) is 4.42. The van der Waals surface area contributed by atoms with Crippen LogP contribution in [-0.4, -0.2) is 32.8 Å². The minimum Gasteiger partial charge on any atom is -0.497 e. The summed E-state index contributed by atoms with van der Waals surface area (Å²) in [5.74, 6) is 0.977. The molecule has 0 spiro atoms. The second kappa shape index (κ2) is 9.60. The number of nitrogens with one attached hydrogen (secondary N) is 1. The first kappa shape index (κ1) is 21.6. The highest BCUT2D eigenvalue weighted by atomic mass is 32.2. The van der Waals surface area contributed by atoms with Crippen LogP contribution < -0.4 is 10.1 Å². The van der Waals surface area contributed by atoms with E-state index in [0.29, 0.717) is 17.1 Å². The quantitative estimate of drug-likeness (QED) is 0.565. The molecule has 7 nitrogen and oxygen atoms in total. The molecule has 0 saturated heterocycles. The lowest BCUT2D eigenvalue weighted by molar-refractivity contribution is -0.122. The van der Waals surface area contributed by atoms with Crippen LogP contribution in [0.2, 0.25) is 0 Å². The van der Waals surface area contributed by atoms with Crippen molar-refractivity contribution in [3.8, 4) is 5.75 Å². The van der Waals surface area contributed by atoms with Crippen LogP contribution in [0.25, 0.3) is 0 Å². The smallest absolute Gasteiger partial charge is 0.243 e. The predicted molar refractivity (Wildman–Crippen MR) is 112 cm³/mol. The largest absolute Gasteiger partial charge is 0.497 e. The Bertz CT molecular complexity index is 1050. The average molecular weight is 429 g/mol. The first-order chi connectivity index (χ1) is 14.4. The van der Waals surface area contributed by atoms with Gasteiger partial charge < -0.3 is 14.5 Å². The number of benzene rings is 2. The molecule has 0 aliphatic heterocycles. The van der Waals surface area contributed by atoms with Crippen molar-refractivity contribution in [3.63, 3.8) is 0 Å². The van der Waals surface area contributed by atoms with E-state index < -0.39 is 16.1 Å². The molecule has 3 aromatic rings. The van der Waals surface area contributed by atoms with Crippen molar-refractivity contribution in [1.29, 1.82) is 0 Å². The number of carbonyl (C=O) groups is 1. The van der Waals surface area contributed by atoms with Crippen molar-refractivity contribution >= 4 is 15.9 Å². The monoisotopic (exact) mass is 428 g/mol. The van der Waals surface area contributed by atoms with Gasteiger partial charge in [-0.25, -0.2) is 8.42 Å².